The van der Waals surface area contributed by atoms with Crippen molar-refractivity contribution in [2.75, 3.05) is 40.0 Å². The Morgan fingerprint density at radius 3 is 2.62 bits per heavy atom. The SMILES string of the molecule is COc1ccccc1[C@H](CNC(=O)c1ccc2c(c1)OCCCO2)N1CCCC1. The lowest BCUT2D eigenvalue weighted by Gasteiger charge is -2.29. The number of para-hydroxylation sites is 1. The summed E-state index contributed by atoms with van der Waals surface area (Å²) in [6, 6.07) is 13.5. The molecule has 0 bridgehead atoms. The van der Waals surface area contributed by atoms with E-state index in [1.807, 2.05) is 24.3 Å². The van der Waals surface area contributed by atoms with Crippen molar-refractivity contribution >= 4 is 5.91 Å². The molecule has 4 rings (SSSR count). The molecule has 0 radical (unpaired) electrons. The highest BCUT2D eigenvalue weighted by Crippen LogP contribution is 2.32. The molecule has 0 saturated carbocycles. The molecular weight excluding hydrogens is 368 g/mol. The van der Waals surface area contributed by atoms with Gasteiger partial charge in [-0.15, -0.1) is 0 Å². The number of carbonyl (C=O) groups excluding carboxylic acids is 1. The normalized spacial score (nSPS) is 17.4. The zero-order valence-electron chi connectivity index (χ0n) is 16.9. The van der Waals surface area contributed by atoms with E-state index in [1.165, 1.54) is 12.8 Å². The van der Waals surface area contributed by atoms with Gasteiger partial charge >= 0.3 is 0 Å². The fourth-order valence-electron chi connectivity index (χ4n) is 4.03. The van der Waals surface area contributed by atoms with Gasteiger partial charge in [-0.05, 0) is 50.2 Å². The van der Waals surface area contributed by atoms with Gasteiger partial charge in [0.15, 0.2) is 11.5 Å². The van der Waals surface area contributed by atoms with E-state index in [9.17, 15) is 4.79 Å². The molecule has 6 nitrogen and oxygen atoms in total. The molecule has 2 aliphatic heterocycles. The molecule has 2 heterocycles. The van der Waals surface area contributed by atoms with Crippen molar-refractivity contribution in [3.8, 4) is 17.2 Å². The number of benzene rings is 2. The monoisotopic (exact) mass is 396 g/mol. The van der Waals surface area contributed by atoms with E-state index in [2.05, 4.69) is 16.3 Å². The van der Waals surface area contributed by atoms with Gasteiger partial charge in [-0.3, -0.25) is 9.69 Å². The highest BCUT2D eigenvalue weighted by Gasteiger charge is 2.26. The minimum Gasteiger partial charge on any atom is -0.496 e. The number of likely N-dealkylation sites (tertiary alicyclic amines) is 1. The van der Waals surface area contributed by atoms with Crippen LogP contribution in [0.1, 0.15) is 41.2 Å². The van der Waals surface area contributed by atoms with Gasteiger partial charge in [0.05, 0.1) is 26.4 Å². The maximum absolute atomic E-state index is 12.9. The number of methoxy groups -OCH3 is 1. The number of nitrogens with zero attached hydrogens (tertiary/aromatic N) is 1. The van der Waals surface area contributed by atoms with Crippen molar-refractivity contribution in [1.82, 2.24) is 10.2 Å². The average molecular weight is 396 g/mol. The zero-order valence-corrected chi connectivity index (χ0v) is 16.9. The van der Waals surface area contributed by atoms with Crippen molar-refractivity contribution < 1.29 is 19.0 Å². The van der Waals surface area contributed by atoms with E-state index in [0.29, 0.717) is 36.8 Å². The fourth-order valence-corrected chi connectivity index (χ4v) is 4.03. The standard InChI is InChI=1S/C23H28N2O4/c1-27-20-8-3-2-7-18(20)19(25-11-4-5-12-25)16-24-23(26)17-9-10-21-22(15-17)29-14-6-13-28-21/h2-3,7-10,15,19H,4-6,11-14,16H2,1H3,(H,24,26)/t19-/m0/s1. The molecule has 6 heteroatoms. The Kier molecular flexibility index (Phi) is 6.20. The Balaban J connectivity index is 1.50. The van der Waals surface area contributed by atoms with Crippen LogP contribution in [0.15, 0.2) is 42.5 Å². The molecule has 0 unspecified atom stereocenters. The van der Waals surface area contributed by atoms with Crippen LogP contribution in [-0.2, 0) is 0 Å². The van der Waals surface area contributed by atoms with Crippen LogP contribution >= 0.6 is 0 Å². The molecule has 0 aliphatic carbocycles. The minimum absolute atomic E-state index is 0.0815. The summed E-state index contributed by atoms with van der Waals surface area (Å²) in [5, 5.41) is 3.12. The summed E-state index contributed by atoms with van der Waals surface area (Å²) in [5.41, 5.74) is 1.69. The number of hydrogen-bond donors (Lipinski definition) is 1. The summed E-state index contributed by atoms with van der Waals surface area (Å²) in [6.45, 7) is 3.82. The second kappa shape index (κ2) is 9.18. The molecule has 29 heavy (non-hydrogen) atoms. The zero-order chi connectivity index (χ0) is 20.1. The maximum Gasteiger partial charge on any atom is 0.251 e. The van der Waals surface area contributed by atoms with Gasteiger partial charge in [-0.25, -0.2) is 0 Å². The summed E-state index contributed by atoms with van der Waals surface area (Å²) in [7, 11) is 1.69. The van der Waals surface area contributed by atoms with E-state index in [4.69, 9.17) is 14.2 Å². The lowest BCUT2D eigenvalue weighted by molar-refractivity contribution is 0.0937. The number of nitrogens with one attached hydrogen (secondary N) is 1. The predicted octanol–water partition coefficient (Wildman–Crippen LogP) is 3.42. The Hall–Kier alpha value is -2.73. The Bertz CT molecular complexity index is 849. The molecule has 1 amide bonds. The Labute approximate surface area is 171 Å². The van der Waals surface area contributed by atoms with Crippen molar-refractivity contribution in [2.24, 2.45) is 0 Å². The first-order valence-corrected chi connectivity index (χ1v) is 10.3. The summed E-state index contributed by atoms with van der Waals surface area (Å²) in [6.07, 6.45) is 3.20. The van der Waals surface area contributed by atoms with Gasteiger partial charge in [-0.1, -0.05) is 18.2 Å². The average Bonchev–Trinajstić information content (AvgIpc) is 3.18. The van der Waals surface area contributed by atoms with Gasteiger partial charge in [-0.2, -0.15) is 0 Å². The van der Waals surface area contributed by atoms with Crippen LogP contribution < -0.4 is 19.5 Å². The second-order valence-electron chi connectivity index (χ2n) is 7.42. The molecule has 1 saturated heterocycles. The number of ether oxygens (including phenoxy) is 3. The molecule has 1 N–H and O–H groups in total. The van der Waals surface area contributed by atoms with Gasteiger partial charge in [0.1, 0.15) is 5.75 Å². The maximum atomic E-state index is 12.9. The van der Waals surface area contributed by atoms with E-state index >= 15 is 0 Å². The number of fused-ring (bicyclic) bond motifs is 1. The van der Waals surface area contributed by atoms with E-state index < -0.39 is 0 Å². The van der Waals surface area contributed by atoms with Crippen molar-refractivity contribution in [3.05, 3.63) is 53.6 Å². The first-order chi connectivity index (χ1) is 14.3. The summed E-state index contributed by atoms with van der Waals surface area (Å²) < 4.78 is 17.0. The molecule has 2 aliphatic rings. The van der Waals surface area contributed by atoms with Crippen LogP contribution in [0.3, 0.4) is 0 Å². The summed E-state index contributed by atoms with van der Waals surface area (Å²) in [4.78, 5) is 15.3. The van der Waals surface area contributed by atoms with Crippen molar-refractivity contribution in [3.63, 3.8) is 0 Å². The molecule has 1 atom stereocenters. The van der Waals surface area contributed by atoms with Crippen LogP contribution in [0.5, 0.6) is 17.2 Å². The van der Waals surface area contributed by atoms with E-state index in [1.54, 1.807) is 19.2 Å². The van der Waals surface area contributed by atoms with Gasteiger partial charge in [0.2, 0.25) is 0 Å². The van der Waals surface area contributed by atoms with Crippen LogP contribution in [0.25, 0.3) is 0 Å². The number of carbonyl (C=O) groups is 1. The highest BCUT2D eigenvalue weighted by atomic mass is 16.5. The van der Waals surface area contributed by atoms with Crippen LogP contribution in [0.4, 0.5) is 0 Å². The van der Waals surface area contributed by atoms with Gasteiger partial charge in [0.25, 0.3) is 5.91 Å². The smallest absolute Gasteiger partial charge is 0.251 e. The third-order valence-electron chi connectivity index (χ3n) is 5.55. The van der Waals surface area contributed by atoms with Crippen molar-refractivity contribution in [1.29, 1.82) is 0 Å². The third kappa shape index (κ3) is 4.48. The minimum atomic E-state index is -0.111. The predicted molar refractivity (Wildman–Crippen MR) is 111 cm³/mol. The quantitative estimate of drug-likeness (QED) is 0.811. The molecule has 1 fully saturated rings. The lowest BCUT2D eigenvalue weighted by atomic mass is 10.0. The largest absolute Gasteiger partial charge is 0.496 e. The Morgan fingerprint density at radius 1 is 1.07 bits per heavy atom. The summed E-state index contributed by atoms with van der Waals surface area (Å²) in [5.74, 6) is 2.08. The fraction of sp³-hybridized carbons (Fsp3) is 0.435. The molecule has 154 valence electrons. The number of hydrogen-bond acceptors (Lipinski definition) is 5. The third-order valence-corrected chi connectivity index (χ3v) is 5.55. The molecule has 0 aromatic heterocycles. The lowest BCUT2D eigenvalue weighted by Crippen LogP contribution is -2.37. The van der Waals surface area contributed by atoms with Crippen LogP contribution in [-0.4, -0.2) is 50.8 Å². The number of rotatable bonds is 6. The topological polar surface area (TPSA) is 60.0 Å². The van der Waals surface area contributed by atoms with E-state index in [0.717, 1.165) is 30.8 Å². The Morgan fingerprint density at radius 2 is 1.83 bits per heavy atom. The summed E-state index contributed by atoms with van der Waals surface area (Å²) >= 11 is 0. The highest BCUT2D eigenvalue weighted by molar-refractivity contribution is 5.94. The van der Waals surface area contributed by atoms with Gasteiger partial charge in [0, 0.05) is 24.1 Å². The van der Waals surface area contributed by atoms with E-state index in [-0.39, 0.29) is 11.9 Å². The molecule has 0 spiro atoms. The second-order valence-corrected chi connectivity index (χ2v) is 7.42. The molecular formula is C23H28N2O4. The van der Waals surface area contributed by atoms with Crippen LogP contribution in [0, 0.1) is 0 Å². The van der Waals surface area contributed by atoms with Crippen molar-refractivity contribution in [2.45, 2.75) is 25.3 Å². The molecule has 2 aromatic carbocycles. The van der Waals surface area contributed by atoms with Gasteiger partial charge < -0.3 is 19.5 Å². The first-order valence-electron chi connectivity index (χ1n) is 10.3. The number of amides is 1. The molecule has 2 aromatic rings. The first kappa shape index (κ1) is 19.6. The van der Waals surface area contributed by atoms with Crippen LogP contribution in [0.2, 0.25) is 0 Å².